The van der Waals surface area contributed by atoms with Crippen LogP contribution in [0.3, 0.4) is 0 Å². The van der Waals surface area contributed by atoms with Crippen molar-refractivity contribution in [1.82, 2.24) is 28.1 Å². The fourth-order valence-electron chi connectivity index (χ4n) is 5.72. The number of aromatic amines is 1. The first-order chi connectivity index (χ1) is 27.8. The van der Waals surface area contributed by atoms with Gasteiger partial charge in [0.1, 0.15) is 23.0 Å². The molecule has 6 rings (SSSR count). The Morgan fingerprint density at radius 1 is 0.621 bits per heavy atom. The Kier molecular flexibility index (Phi) is 15.1. The lowest BCUT2D eigenvalue weighted by Crippen LogP contribution is -2.30. The van der Waals surface area contributed by atoms with E-state index >= 15 is 0 Å². The van der Waals surface area contributed by atoms with Crippen LogP contribution >= 0.6 is 0 Å². The van der Waals surface area contributed by atoms with Crippen molar-refractivity contribution in [3.05, 3.63) is 144 Å². The summed E-state index contributed by atoms with van der Waals surface area (Å²) in [5.74, 6) is 2.84. The van der Waals surface area contributed by atoms with Crippen LogP contribution in [-0.4, -0.2) is 84.6 Å². The summed E-state index contributed by atoms with van der Waals surface area (Å²) in [5, 5.41) is 9.57. The van der Waals surface area contributed by atoms with Crippen LogP contribution < -0.4 is 18.9 Å². The van der Waals surface area contributed by atoms with Gasteiger partial charge in [0, 0.05) is 38.9 Å². The smallest absolute Gasteiger partial charge is 0.262 e. The Morgan fingerprint density at radius 2 is 0.983 bits per heavy atom. The Labute approximate surface area is 339 Å². The van der Waals surface area contributed by atoms with Crippen LogP contribution in [0.25, 0.3) is 0 Å². The van der Waals surface area contributed by atoms with Crippen LogP contribution in [0.5, 0.6) is 23.0 Å². The third-order valence-corrected chi connectivity index (χ3v) is 12.2. The van der Waals surface area contributed by atoms with Crippen LogP contribution in [0.2, 0.25) is 0 Å². The molecule has 0 unspecified atom stereocenters. The van der Waals surface area contributed by atoms with E-state index in [2.05, 4.69) is 15.0 Å². The highest BCUT2D eigenvalue weighted by molar-refractivity contribution is 7.89. The minimum Gasteiger partial charge on any atom is -0.497 e. The van der Waals surface area contributed by atoms with Gasteiger partial charge in [-0.15, -0.1) is 0 Å². The second-order valence-electron chi connectivity index (χ2n) is 13.1. The average molecular weight is 833 g/mol. The number of H-pyrrole nitrogens is 1. The molecule has 0 aliphatic heterocycles. The first-order valence-corrected chi connectivity index (χ1v) is 20.9. The summed E-state index contributed by atoms with van der Waals surface area (Å²) in [4.78, 5) is 10.6. The molecule has 0 aliphatic rings. The number of aromatic nitrogens is 4. The van der Waals surface area contributed by atoms with Gasteiger partial charge in [-0.1, -0.05) is 48.5 Å². The summed E-state index contributed by atoms with van der Waals surface area (Å²) >= 11 is 0. The molecule has 0 radical (unpaired) electrons. The first-order valence-electron chi connectivity index (χ1n) is 18.0. The maximum absolute atomic E-state index is 13.4. The Morgan fingerprint density at radius 3 is 1.29 bits per heavy atom. The molecule has 308 valence electrons. The second-order valence-corrected chi connectivity index (χ2v) is 16.9. The Hall–Kier alpha value is -5.72. The van der Waals surface area contributed by atoms with E-state index in [9.17, 15) is 21.9 Å². The summed E-state index contributed by atoms with van der Waals surface area (Å²) < 4.78 is 78.0. The van der Waals surface area contributed by atoms with Gasteiger partial charge in [0.15, 0.2) is 10.1 Å². The number of nitrogens with one attached hydrogen (secondary N) is 1. The second kappa shape index (κ2) is 20.1. The molecule has 0 saturated carbocycles. The lowest BCUT2D eigenvalue weighted by Gasteiger charge is -2.22. The van der Waals surface area contributed by atoms with Crippen molar-refractivity contribution in [3.8, 4) is 23.0 Å². The van der Waals surface area contributed by atoms with Gasteiger partial charge >= 0.3 is 0 Å². The lowest BCUT2D eigenvalue weighted by atomic mass is 10.2. The molecule has 0 spiro atoms. The molecule has 4 aromatic carbocycles. The molecule has 1 atom stereocenters. The predicted molar refractivity (Wildman–Crippen MR) is 217 cm³/mol. The predicted octanol–water partition coefficient (Wildman–Crippen LogP) is 5.49. The average Bonchev–Trinajstić information content (AvgIpc) is 3.96. The van der Waals surface area contributed by atoms with E-state index in [1.165, 1.54) is 33.7 Å². The number of methoxy groups -OCH3 is 4. The largest absolute Gasteiger partial charge is 0.497 e. The van der Waals surface area contributed by atoms with Crippen molar-refractivity contribution in [1.29, 1.82) is 0 Å². The molecule has 0 saturated heterocycles. The molecular formula is C41H48N6O9S2. The van der Waals surface area contributed by atoms with E-state index in [1.54, 1.807) is 64.2 Å². The minimum atomic E-state index is -3.89. The summed E-state index contributed by atoms with van der Waals surface area (Å²) in [6.45, 7) is 2.67. The number of imidazole rings is 2. The molecule has 0 bridgehead atoms. The topological polar surface area (TPSA) is 178 Å². The molecular weight excluding hydrogens is 785 g/mol. The number of hydrogen-bond acceptors (Lipinski definition) is 11. The molecule has 6 aromatic rings. The van der Waals surface area contributed by atoms with E-state index < -0.39 is 26.2 Å². The van der Waals surface area contributed by atoms with E-state index in [0.29, 0.717) is 11.5 Å². The van der Waals surface area contributed by atoms with Crippen molar-refractivity contribution in [3.63, 3.8) is 0 Å². The number of benzene rings is 4. The third kappa shape index (κ3) is 11.7. The van der Waals surface area contributed by atoms with Gasteiger partial charge in [-0.2, -0.15) is 8.61 Å². The molecule has 17 heteroatoms. The third-order valence-electron chi connectivity index (χ3n) is 8.85. The zero-order valence-corrected chi connectivity index (χ0v) is 34.6. The fourth-order valence-corrected chi connectivity index (χ4v) is 8.39. The molecule has 0 aliphatic carbocycles. The quantitative estimate of drug-likeness (QED) is 0.112. The van der Waals surface area contributed by atoms with Crippen LogP contribution in [-0.2, 0) is 52.8 Å². The van der Waals surface area contributed by atoms with Crippen LogP contribution in [0, 0.1) is 0 Å². The van der Waals surface area contributed by atoms with Gasteiger partial charge in [-0.25, -0.2) is 26.8 Å². The monoisotopic (exact) mass is 832 g/mol. The molecule has 15 nitrogen and oxygen atoms in total. The number of nitrogens with zero attached hydrogens (tertiary/aromatic N) is 5. The normalized spacial score (nSPS) is 12.1. The number of ether oxygens (including phenoxy) is 4. The Balaban J connectivity index is 0.000000223. The molecule has 0 fully saturated rings. The summed E-state index contributed by atoms with van der Waals surface area (Å²) in [7, 11) is -1.27. The van der Waals surface area contributed by atoms with Gasteiger partial charge in [-0.05, 0) is 77.7 Å². The van der Waals surface area contributed by atoms with Gasteiger partial charge in [0.25, 0.3) is 20.0 Å². The highest BCUT2D eigenvalue weighted by atomic mass is 32.2. The van der Waals surface area contributed by atoms with Crippen LogP contribution in [0.4, 0.5) is 0 Å². The minimum absolute atomic E-state index is 0.0597. The van der Waals surface area contributed by atoms with Gasteiger partial charge in [-0.3, -0.25) is 0 Å². The molecule has 2 heterocycles. The van der Waals surface area contributed by atoms with Crippen molar-refractivity contribution in [2.75, 3.05) is 28.4 Å². The number of hydrogen-bond donors (Lipinski definition) is 2. The van der Waals surface area contributed by atoms with E-state index in [-0.39, 0.29) is 42.8 Å². The number of sulfonamides is 2. The van der Waals surface area contributed by atoms with E-state index in [4.69, 9.17) is 18.9 Å². The summed E-state index contributed by atoms with van der Waals surface area (Å²) in [6, 6.07) is 29.2. The van der Waals surface area contributed by atoms with Crippen molar-refractivity contribution >= 4 is 20.0 Å². The molecule has 0 amide bonds. The van der Waals surface area contributed by atoms with Gasteiger partial charge in [0.05, 0.1) is 53.4 Å². The van der Waals surface area contributed by atoms with Crippen molar-refractivity contribution in [2.24, 2.45) is 0 Å². The molecule has 2 N–H and O–H groups in total. The highest BCUT2D eigenvalue weighted by Gasteiger charge is 2.28. The van der Waals surface area contributed by atoms with Gasteiger partial charge < -0.3 is 33.6 Å². The van der Waals surface area contributed by atoms with Crippen molar-refractivity contribution < 1.29 is 40.9 Å². The number of aliphatic hydroxyl groups excluding tert-OH is 1. The highest BCUT2D eigenvalue weighted by Crippen LogP contribution is 2.24. The van der Waals surface area contributed by atoms with Crippen LogP contribution in [0.1, 0.15) is 29.2 Å². The fraction of sp³-hybridized carbons (Fsp3) is 0.268. The Bertz CT molecular complexity index is 2270. The molecule has 58 heavy (non-hydrogen) atoms. The first kappa shape index (κ1) is 43.4. The maximum atomic E-state index is 13.4. The lowest BCUT2D eigenvalue weighted by molar-refractivity contribution is 0.173. The zero-order valence-electron chi connectivity index (χ0n) is 32.9. The standard InChI is InChI=1S/C22H27N3O5S.C19H21N3O4S/c1-17(26)12-24-15-22(23-16-24)31(27,28)25(13-18-4-8-20(29-2)9-5-18)14-19-6-10-21(30-3)11-7-19;1-25-17-7-3-15(4-8-17)12-22(27(23,24)19-11-20-14-21-19)13-16-5-9-18(26-2)10-6-16/h4-11,15-17,26H,12-14H2,1-3H3;3-11,14H,12-13H2,1-2H3,(H,20,21)/t17-;/m1./s1. The summed E-state index contributed by atoms with van der Waals surface area (Å²) in [5.41, 5.74) is 3.35. The number of aliphatic hydroxyl groups is 1. The van der Waals surface area contributed by atoms with Gasteiger partial charge in [0.2, 0.25) is 0 Å². The van der Waals surface area contributed by atoms with Crippen LogP contribution in [0.15, 0.2) is 132 Å². The zero-order chi connectivity index (χ0) is 41.7. The molecule has 2 aromatic heterocycles. The summed E-state index contributed by atoms with van der Waals surface area (Å²) in [6.07, 6.45) is 4.91. The number of rotatable bonds is 18. The van der Waals surface area contributed by atoms with E-state index in [0.717, 1.165) is 33.8 Å². The van der Waals surface area contributed by atoms with Crippen molar-refractivity contribution in [2.45, 2.75) is 55.8 Å². The maximum Gasteiger partial charge on any atom is 0.262 e. The SMILES string of the molecule is COc1ccc(CN(Cc2ccc(OC)cc2)S(=O)(=O)c2cn(C[C@@H](C)O)cn2)cc1.COc1ccc(CN(Cc2ccc(OC)cc2)S(=O)(=O)c2cnc[nH]2)cc1. The van der Waals surface area contributed by atoms with E-state index in [1.807, 2.05) is 72.8 Å².